The second-order valence-corrected chi connectivity index (χ2v) is 11.1. The Morgan fingerprint density at radius 3 is 2.60 bits per heavy atom. The first kappa shape index (κ1) is 28.5. The quantitative estimate of drug-likeness (QED) is 0.293. The summed E-state index contributed by atoms with van der Waals surface area (Å²) in [6.07, 6.45) is 5.56. The van der Waals surface area contributed by atoms with Gasteiger partial charge in [-0.2, -0.15) is 0 Å². The molecule has 2 aromatic carbocycles. The van der Waals surface area contributed by atoms with Crippen molar-refractivity contribution in [3.05, 3.63) is 70.1 Å². The van der Waals surface area contributed by atoms with Gasteiger partial charge in [-0.25, -0.2) is 9.37 Å². The minimum atomic E-state index is -0.672. The molecular formula is C30H33Cl2FN4O3. The van der Waals surface area contributed by atoms with E-state index in [0.29, 0.717) is 22.1 Å². The predicted octanol–water partition coefficient (Wildman–Crippen LogP) is 6.38. The molecule has 2 saturated heterocycles. The van der Waals surface area contributed by atoms with Gasteiger partial charge in [0.25, 0.3) is 5.91 Å². The average Bonchev–Trinajstić information content (AvgIpc) is 3.64. The molecule has 5 rings (SSSR count). The molecule has 0 aliphatic carbocycles. The number of rotatable bonds is 9. The van der Waals surface area contributed by atoms with Gasteiger partial charge in [-0.1, -0.05) is 35.3 Å². The molecule has 2 aliphatic heterocycles. The number of halogens is 3. The molecule has 212 valence electrons. The van der Waals surface area contributed by atoms with E-state index >= 15 is 0 Å². The number of nitrogen functional groups attached to an aromatic ring is 1. The van der Waals surface area contributed by atoms with Crippen molar-refractivity contribution < 1.29 is 18.7 Å². The third kappa shape index (κ3) is 6.45. The van der Waals surface area contributed by atoms with E-state index in [1.54, 1.807) is 19.2 Å². The van der Waals surface area contributed by atoms with Gasteiger partial charge in [0.2, 0.25) is 0 Å². The summed E-state index contributed by atoms with van der Waals surface area (Å²) in [4.78, 5) is 21.6. The van der Waals surface area contributed by atoms with Gasteiger partial charge in [0.15, 0.2) is 18.2 Å². The smallest absolute Gasteiger partial charge is 0.260 e. The summed E-state index contributed by atoms with van der Waals surface area (Å²) >= 11 is 12.4. The lowest BCUT2D eigenvalue weighted by molar-refractivity contribution is -0.134. The Kier molecular flexibility index (Phi) is 8.98. The number of carbonyl (C=O) groups excluding carboxylic acids is 1. The number of likely N-dealkylation sites (tertiary alicyclic amines) is 2. The molecule has 0 spiro atoms. The van der Waals surface area contributed by atoms with Gasteiger partial charge >= 0.3 is 0 Å². The molecule has 40 heavy (non-hydrogen) atoms. The minimum Gasteiger partial charge on any atom is -0.484 e. The maximum absolute atomic E-state index is 14.0. The highest BCUT2D eigenvalue weighted by atomic mass is 35.5. The van der Waals surface area contributed by atoms with Crippen LogP contribution in [0.15, 0.2) is 48.7 Å². The fourth-order valence-electron chi connectivity index (χ4n) is 5.46. The normalized spacial score (nSPS) is 18.2. The fraction of sp³-hybridized carbons (Fsp3) is 0.400. The Balaban J connectivity index is 1.21. The van der Waals surface area contributed by atoms with Crippen LogP contribution in [-0.2, 0) is 4.79 Å². The van der Waals surface area contributed by atoms with E-state index in [1.165, 1.54) is 25.0 Å². The van der Waals surface area contributed by atoms with E-state index in [2.05, 4.69) is 9.88 Å². The summed E-state index contributed by atoms with van der Waals surface area (Å²) in [5.41, 5.74) is 8.02. The van der Waals surface area contributed by atoms with Crippen LogP contribution >= 0.6 is 23.2 Å². The topological polar surface area (TPSA) is 80.9 Å². The number of anilines is 1. The van der Waals surface area contributed by atoms with Crippen LogP contribution in [-0.4, -0.2) is 59.5 Å². The van der Waals surface area contributed by atoms with Gasteiger partial charge in [0.05, 0.1) is 5.02 Å². The van der Waals surface area contributed by atoms with Gasteiger partial charge in [-0.05, 0) is 81.6 Å². The molecule has 1 aromatic heterocycles. The Morgan fingerprint density at radius 2 is 1.85 bits per heavy atom. The number of ether oxygens (including phenoxy) is 2. The fourth-order valence-corrected chi connectivity index (χ4v) is 6.14. The van der Waals surface area contributed by atoms with Crippen LogP contribution < -0.4 is 15.2 Å². The molecular weight excluding hydrogens is 554 g/mol. The van der Waals surface area contributed by atoms with Gasteiger partial charge in [-0.15, -0.1) is 0 Å². The molecule has 7 nitrogen and oxygen atoms in total. The van der Waals surface area contributed by atoms with E-state index in [-0.39, 0.29) is 29.4 Å². The second-order valence-electron chi connectivity index (χ2n) is 10.3. The van der Waals surface area contributed by atoms with Crippen molar-refractivity contribution in [3.63, 3.8) is 0 Å². The number of hydrogen-bond donors (Lipinski definition) is 1. The molecule has 3 aromatic rings. The molecule has 0 radical (unpaired) electrons. The SMILES string of the molecule is CC(Oc1cc(-c2ccc(OCC(=O)N3CCC[C@@H]3CN3CCCC3)cc2)cnc1N)c1c(Cl)ccc(F)c1Cl. The molecule has 2 fully saturated rings. The molecule has 3 heterocycles. The first-order chi connectivity index (χ1) is 19.3. The van der Waals surface area contributed by atoms with Crippen molar-refractivity contribution in [3.8, 4) is 22.6 Å². The molecule has 0 saturated carbocycles. The largest absolute Gasteiger partial charge is 0.484 e. The number of aromatic nitrogens is 1. The number of nitrogens with zero attached hydrogens (tertiary/aromatic N) is 3. The lowest BCUT2D eigenvalue weighted by atomic mass is 10.1. The standard InChI is InChI=1S/C30H33Cl2FN4O3/c1-19(28-24(31)10-11-25(33)29(28)32)40-26-15-21(16-35-30(26)34)20-6-8-23(9-7-20)39-18-27(38)37-14-4-5-22(37)17-36-12-2-3-13-36/h6-11,15-16,19,22H,2-5,12-14,17-18H2,1H3,(H2,34,35)/t19?,22-/m1/s1. The van der Waals surface area contributed by atoms with Gasteiger partial charge < -0.3 is 25.0 Å². The number of pyridine rings is 1. The molecule has 0 bridgehead atoms. The monoisotopic (exact) mass is 586 g/mol. The highest BCUT2D eigenvalue weighted by Crippen LogP contribution is 2.37. The van der Waals surface area contributed by atoms with Crippen molar-refractivity contribution in [2.24, 2.45) is 0 Å². The van der Waals surface area contributed by atoms with Crippen LogP contribution in [0.1, 0.15) is 44.3 Å². The summed E-state index contributed by atoms with van der Waals surface area (Å²) in [5, 5.41) is 0.200. The van der Waals surface area contributed by atoms with Crippen LogP contribution in [0.3, 0.4) is 0 Å². The van der Waals surface area contributed by atoms with E-state index in [4.69, 9.17) is 38.4 Å². The van der Waals surface area contributed by atoms with Crippen LogP contribution in [0.25, 0.3) is 11.1 Å². The van der Waals surface area contributed by atoms with Crippen molar-refractivity contribution in [1.82, 2.24) is 14.8 Å². The van der Waals surface area contributed by atoms with Crippen molar-refractivity contribution in [1.29, 1.82) is 0 Å². The summed E-state index contributed by atoms with van der Waals surface area (Å²) in [6.45, 7) is 5.75. The van der Waals surface area contributed by atoms with Crippen molar-refractivity contribution >= 4 is 34.9 Å². The van der Waals surface area contributed by atoms with Crippen molar-refractivity contribution in [2.75, 3.05) is 38.5 Å². The van der Waals surface area contributed by atoms with Gasteiger partial charge in [0, 0.05) is 41.5 Å². The van der Waals surface area contributed by atoms with Crippen LogP contribution in [0.2, 0.25) is 10.0 Å². The number of benzene rings is 2. The maximum Gasteiger partial charge on any atom is 0.260 e. The zero-order chi connectivity index (χ0) is 28.2. The Labute approximate surface area is 244 Å². The lowest BCUT2D eigenvalue weighted by Gasteiger charge is -2.28. The zero-order valence-corrected chi connectivity index (χ0v) is 23.9. The van der Waals surface area contributed by atoms with Gasteiger partial charge in [-0.3, -0.25) is 4.79 Å². The minimum absolute atomic E-state index is 0.0142. The van der Waals surface area contributed by atoms with E-state index in [9.17, 15) is 9.18 Å². The Bertz CT molecular complexity index is 1350. The lowest BCUT2D eigenvalue weighted by Crippen LogP contribution is -2.44. The molecule has 1 amide bonds. The highest BCUT2D eigenvalue weighted by Gasteiger charge is 2.31. The average molecular weight is 588 g/mol. The Morgan fingerprint density at radius 1 is 1.10 bits per heavy atom. The number of hydrogen-bond acceptors (Lipinski definition) is 6. The zero-order valence-electron chi connectivity index (χ0n) is 22.4. The number of amides is 1. The van der Waals surface area contributed by atoms with E-state index < -0.39 is 11.9 Å². The molecule has 10 heteroatoms. The second kappa shape index (κ2) is 12.6. The number of carbonyl (C=O) groups is 1. The number of nitrogens with two attached hydrogens (primary N) is 1. The summed E-state index contributed by atoms with van der Waals surface area (Å²) in [6, 6.07) is 12.1. The maximum atomic E-state index is 14.0. The van der Waals surface area contributed by atoms with Gasteiger partial charge in [0.1, 0.15) is 17.7 Å². The third-order valence-electron chi connectivity index (χ3n) is 7.59. The summed E-state index contributed by atoms with van der Waals surface area (Å²) in [7, 11) is 0. The van der Waals surface area contributed by atoms with Crippen LogP contribution in [0.5, 0.6) is 11.5 Å². The van der Waals surface area contributed by atoms with E-state index in [1.807, 2.05) is 29.2 Å². The molecule has 2 atom stereocenters. The highest BCUT2D eigenvalue weighted by molar-refractivity contribution is 6.36. The van der Waals surface area contributed by atoms with Crippen LogP contribution in [0, 0.1) is 5.82 Å². The summed E-state index contributed by atoms with van der Waals surface area (Å²) < 4.78 is 25.9. The van der Waals surface area contributed by atoms with E-state index in [0.717, 1.165) is 50.1 Å². The Hall–Kier alpha value is -3.07. The summed E-state index contributed by atoms with van der Waals surface area (Å²) in [5.74, 6) is 0.561. The molecule has 2 N–H and O–H groups in total. The predicted molar refractivity (Wildman–Crippen MR) is 155 cm³/mol. The third-order valence-corrected chi connectivity index (χ3v) is 8.30. The molecule has 1 unspecified atom stereocenters. The van der Waals surface area contributed by atoms with Crippen molar-refractivity contribution in [2.45, 2.75) is 44.8 Å². The van der Waals surface area contributed by atoms with Crippen LogP contribution in [0.4, 0.5) is 10.2 Å². The first-order valence-electron chi connectivity index (χ1n) is 13.6. The molecule has 2 aliphatic rings. The first-order valence-corrected chi connectivity index (χ1v) is 14.4.